The molecule has 0 fully saturated rings. The molecule has 0 bridgehead atoms. The molecule has 1 amide bonds. The molecule has 0 aliphatic carbocycles. The number of benzene rings is 2. The Kier molecular flexibility index (Phi) is 6.55. The maximum absolute atomic E-state index is 12.0. The van der Waals surface area contributed by atoms with Crippen LogP contribution in [0, 0.1) is 0 Å². The van der Waals surface area contributed by atoms with E-state index in [0.29, 0.717) is 21.3 Å². The van der Waals surface area contributed by atoms with E-state index in [1.807, 2.05) is 0 Å². The van der Waals surface area contributed by atoms with Crippen LogP contribution in [-0.2, 0) is 14.8 Å². The summed E-state index contributed by atoms with van der Waals surface area (Å²) in [4.78, 5) is 11.9. The van der Waals surface area contributed by atoms with Gasteiger partial charge in [-0.15, -0.1) is 0 Å². The zero-order valence-corrected chi connectivity index (χ0v) is 15.5. The number of carbonyl (C=O) groups is 1. The van der Waals surface area contributed by atoms with E-state index in [0.717, 1.165) is 0 Å². The van der Waals surface area contributed by atoms with Gasteiger partial charge in [0.15, 0.2) is 0 Å². The van der Waals surface area contributed by atoms with Crippen molar-refractivity contribution in [3.8, 4) is 0 Å². The highest BCUT2D eigenvalue weighted by Crippen LogP contribution is 2.21. The fourth-order valence-electron chi connectivity index (χ4n) is 1.87. The van der Waals surface area contributed by atoms with Crippen molar-refractivity contribution in [1.82, 2.24) is 10.1 Å². The molecule has 0 saturated carbocycles. The highest BCUT2D eigenvalue weighted by atomic mass is 35.5. The highest BCUT2D eigenvalue weighted by molar-refractivity contribution is 7.89. The molecular weight excluding hydrogens is 385 g/mol. The second kappa shape index (κ2) is 8.44. The summed E-state index contributed by atoms with van der Waals surface area (Å²) in [5.74, 6) is -0.607. The largest absolute Gasteiger partial charge is 0.272 e. The van der Waals surface area contributed by atoms with E-state index in [1.54, 1.807) is 43.3 Å². The van der Waals surface area contributed by atoms with E-state index >= 15 is 0 Å². The molecule has 2 aromatic rings. The minimum absolute atomic E-state index is 0.0791. The number of sulfonamides is 1. The number of hydrogen-bond donors (Lipinski definition) is 2. The maximum atomic E-state index is 12.0. The molecule has 0 spiro atoms. The van der Waals surface area contributed by atoms with Crippen LogP contribution < -0.4 is 10.1 Å². The molecule has 0 aliphatic heterocycles. The lowest BCUT2D eigenvalue weighted by Gasteiger charge is -2.07. The number of carbonyl (C=O) groups excluding carboxylic acids is 1. The van der Waals surface area contributed by atoms with E-state index < -0.39 is 22.5 Å². The Morgan fingerprint density at radius 2 is 1.80 bits per heavy atom. The third-order valence-electron chi connectivity index (χ3n) is 3.15. The first-order chi connectivity index (χ1) is 11.8. The van der Waals surface area contributed by atoms with Crippen molar-refractivity contribution in [3.63, 3.8) is 0 Å². The zero-order valence-electron chi connectivity index (χ0n) is 13.2. The first kappa shape index (κ1) is 19.4. The zero-order chi connectivity index (χ0) is 18.4. The Labute approximate surface area is 155 Å². The summed E-state index contributed by atoms with van der Waals surface area (Å²) < 4.78 is 26.2. The van der Waals surface area contributed by atoms with Gasteiger partial charge in [0.05, 0.1) is 22.2 Å². The predicted octanol–water partition coefficient (Wildman–Crippen LogP) is 2.81. The van der Waals surface area contributed by atoms with Crippen LogP contribution in [0.2, 0.25) is 10.0 Å². The maximum Gasteiger partial charge on any atom is 0.255 e. The van der Waals surface area contributed by atoms with Crippen LogP contribution in [0.5, 0.6) is 0 Å². The normalized spacial score (nSPS) is 12.0. The van der Waals surface area contributed by atoms with Crippen LogP contribution in [0.25, 0.3) is 0 Å². The number of hydrazone groups is 1. The quantitative estimate of drug-likeness (QED) is 0.578. The average molecular weight is 400 g/mol. The fourth-order valence-corrected chi connectivity index (χ4v) is 3.42. The molecular formula is C16H15Cl2N3O3S. The predicted molar refractivity (Wildman–Crippen MR) is 98.4 cm³/mol. The molecule has 0 atom stereocenters. The number of rotatable bonds is 6. The van der Waals surface area contributed by atoms with Crippen molar-refractivity contribution in [2.75, 3.05) is 6.54 Å². The van der Waals surface area contributed by atoms with Gasteiger partial charge < -0.3 is 0 Å². The Morgan fingerprint density at radius 1 is 1.12 bits per heavy atom. The number of nitrogens with zero attached hydrogens (tertiary/aromatic N) is 1. The molecule has 2 aromatic carbocycles. The number of nitrogens with one attached hydrogen (secondary N) is 2. The number of amides is 1. The van der Waals surface area contributed by atoms with Crippen LogP contribution in [0.3, 0.4) is 0 Å². The average Bonchev–Trinajstić information content (AvgIpc) is 2.58. The van der Waals surface area contributed by atoms with Gasteiger partial charge in [-0.3, -0.25) is 4.79 Å². The second-order valence-electron chi connectivity index (χ2n) is 4.99. The van der Waals surface area contributed by atoms with Gasteiger partial charge in [-0.2, -0.15) is 5.10 Å². The van der Waals surface area contributed by atoms with Gasteiger partial charge in [-0.25, -0.2) is 18.6 Å². The number of hydrogen-bond acceptors (Lipinski definition) is 4. The molecule has 2 rings (SSSR count). The van der Waals surface area contributed by atoms with Crippen molar-refractivity contribution in [2.24, 2.45) is 5.10 Å². The van der Waals surface area contributed by atoms with Crippen LogP contribution in [0.4, 0.5) is 0 Å². The van der Waals surface area contributed by atoms with Gasteiger partial charge in [0.2, 0.25) is 10.0 Å². The van der Waals surface area contributed by atoms with Gasteiger partial charge in [0.25, 0.3) is 5.91 Å². The SMILES string of the molecule is C/C(=N/NC(=O)CNS(=O)(=O)c1ccccc1)c1ccc(Cl)cc1Cl. The van der Waals surface area contributed by atoms with Gasteiger partial charge in [-0.05, 0) is 31.2 Å². The minimum Gasteiger partial charge on any atom is -0.272 e. The van der Waals surface area contributed by atoms with Crippen LogP contribution >= 0.6 is 23.2 Å². The molecule has 2 N–H and O–H groups in total. The number of halogens is 2. The molecule has 0 aliphatic rings. The Morgan fingerprint density at radius 3 is 2.44 bits per heavy atom. The molecule has 0 heterocycles. The van der Waals surface area contributed by atoms with Crippen molar-refractivity contribution in [1.29, 1.82) is 0 Å². The topological polar surface area (TPSA) is 87.6 Å². The molecule has 0 saturated heterocycles. The monoisotopic (exact) mass is 399 g/mol. The van der Waals surface area contributed by atoms with Crippen molar-refractivity contribution in [3.05, 3.63) is 64.1 Å². The van der Waals surface area contributed by atoms with Crippen LogP contribution in [0.1, 0.15) is 12.5 Å². The molecule has 6 nitrogen and oxygen atoms in total. The summed E-state index contributed by atoms with van der Waals surface area (Å²) in [6.45, 7) is 1.21. The standard InChI is InChI=1S/C16H15Cl2N3O3S/c1-11(14-8-7-12(17)9-15(14)18)20-21-16(22)10-19-25(23,24)13-5-3-2-4-6-13/h2-9,19H,10H2,1H3,(H,21,22)/b20-11-. The molecule has 0 radical (unpaired) electrons. The van der Waals surface area contributed by atoms with Crippen molar-refractivity contribution >= 4 is 44.8 Å². The fraction of sp³-hybridized carbons (Fsp3) is 0.125. The first-order valence-corrected chi connectivity index (χ1v) is 9.37. The summed E-state index contributed by atoms with van der Waals surface area (Å²) in [6, 6.07) is 12.6. The van der Waals surface area contributed by atoms with E-state index in [2.05, 4.69) is 15.2 Å². The minimum atomic E-state index is -3.75. The van der Waals surface area contributed by atoms with Crippen molar-refractivity contribution in [2.45, 2.75) is 11.8 Å². The lowest BCUT2D eigenvalue weighted by molar-refractivity contribution is -0.119. The summed E-state index contributed by atoms with van der Waals surface area (Å²) in [7, 11) is -3.75. The van der Waals surface area contributed by atoms with E-state index in [9.17, 15) is 13.2 Å². The van der Waals surface area contributed by atoms with E-state index in [4.69, 9.17) is 23.2 Å². The summed E-state index contributed by atoms with van der Waals surface area (Å²) >= 11 is 11.9. The molecule has 132 valence electrons. The Hall–Kier alpha value is -1.93. The van der Waals surface area contributed by atoms with Gasteiger partial charge in [-0.1, -0.05) is 47.5 Å². The Balaban J connectivity index is 1.96. The summed E-state index contributed by atoms with van der Waals surface area (Å²) in [5, 5.41) is 4.80. The third-order valence-corrected chi connectivity index (χ3v) is 5.11. The Bertz CT molecular complexity index is 900. The van der Waals surface area contributed by atoms with E-state index in [1.165, 1.54) is 12.1 Å². The van der Waals surface area contributed by atoms with Gasteiger partial charge >= 0.3 is 0 Å². The third kappa shape index (κ3) is 5.54. The molecule has 9 heteroatoms. The highest BCUT2D eigenvalue weighted by Gasteiger charge is 2.14. The van der Waals surface area contributed by atoms with Gasteiger partial charge in [0, 0.05) is 10.6 Å². The van der Waals surface area contributed by atoms with Crippen molar-refractivity contribution < 1.29 is 13.2 Å². The smallest absolute Gasteiger partial charge is 0.255 e. The van der Waals surface area contributed by atoms with E-state index in [-0.39, 0.29) is 4.90 Å². The second-order valence-corrected chi connectivity index (χ2v) is 7.60. The lowest BCUT2D eigenvalue weighted by Crippen LogP contribution is -2.35. The lowest BCUT2D eigenvalue weighted by atomic mass is 10.1. The van der Waals surface area contributed by atoms with Crippen LogP contribution in [0.15, 0.2) is 58.5 Å². The summed E-state index contributed by atoms with van der Waals surface area (Å²) in [6.07, 6.45) is 0. The first-order valence-electron chi connectivity index (χ1n) is 7.13. The molecule has 25 heavy (non-hydrogen) atoms. The van der Waals surface area contributed by atoms with Gasteiger partial charge in [0.1, 0.15) is 0 Å². The van der Waals surface area contributed by atoms with Crippen LogP contribution in [-0.4, -0.2) is 26.6 Å². The summed E-state index contributed by atoms with van der Waals surface area (Å²) in [5.41, 5.74) is 3.34. The molecule has 0 aromatic heterocycles. The molecule has 0 unspecified atom stereocenters.